The number of benzene rings is 2. The monoisotopic (exact) mass is 504 g/mol. The summed E-state index contributed by atoms with van der Waals surface area (Å²) in [5.74, 6) is 3.32. The van der Waals surface area contributed by atoms with Crippen molar-refractivity contribution < 1.29 is 31.8 Å². The molecule has 0 spiro atoms. The van der Waals surface area contributed by atoms with Crippen molar-refractivity contribution in [2.24, 2.45) is 0 Å². The molecular formula is C27H31F3N2O4. The zero-order chi connectivity index (χ0) is 25.9. The minimum absolute atomic E-state index is 0.579. The summed E-state index contributed by atoms with van der Waals surface area (Å²) in [5.41, 5.74) is 1.98. The maximum absolute atomic E-state index is 12.9. The van der Waals surface area contributed by atoms with Crippen molar-refractivity contribution in [3.8, 4) is 28.6 Å². The quantitative estimate of drug-likeness (QED) is 0.397. The van der Waals surface area contributed by atoms with Crippen molar-refractivity contribution >= 4 is 0 Å². The molecule has 0 saturated carbocycles. The number of hydrogen-bond acceptors (Lipinski definition) is 6. The van der Waals surface area contributed by atoms with Gasteiger partial charge in [0.05, 0.1) is 33.4 Å². The van der Waals surface area contributed by atoms with Crippen LogP contribution in [0.3, 0.4) is 0 Å². The van der Waals surface area contributed by atoms with E-state index in [-0.39, 0.29) is 0 Å². The van der Waals surface area contributed by atoms with Gasteiger partial charge in [-0.3, -0.25) is 9.80 Å². The Kier molecular flexibility index (Phi) is 7.80. The fourth-order valence-electron chi connectivity index (χ4n) is 4.48. The van der Waals surface area contributed by atoms with Crippen molar-refractivity contribution in [1.29, 1.82) is 0 Å². The molecule has 3 aromatic rings. The van der Waals surface area contributed by atoms with Crippen LogP contribution in [0.2, 0.25) is 0 Å². The van der Waals surface area contributed by atoms with Gasteiger partial charge in [-0.2, -0.15) is 13.2 Å². The van der Waals surface area contributed by atoms with Crippen molar-refractivity contribution in [3.63, 3.8) is 0 Å². The number of methoxy groups -OCH3 is 3. The summed E-state index contributed by atoms with van der Waals surface area (Å²) < 4.78 is 61.1. The molecule has 1 aliphatic heterocycles. The minimum Gasteiger partial charge on any atom is -0.493 e. The number of alkyl halides is 3. The lowest BCUT2D eigenvalue weighted by Gasteiger charge is -2.34. The van der Waals surface area contributed by atoms with Crippen molar-refractivity contribution in [2.45, 2.75) is 26.2 Å². The molecule has 0 radical (unpaired) electrons. The Hall–Kier alpha value is -3.17. The number of nitrogens with zero attached hydrogens (tertiary/aromatic N) is 2. The predicted molar refractivity (Wildman–Crippen MR) is 131 cm³/mol. The standard InChI is InChI=1S/C27H31F3N2O4/c1-18-15-23(19-5-8-21(9-6-19)27(28,29)30)36-24(18)17-32-13-11-31(12-14-32)16-20-7-10-22(33-2)26(35-4)25(20)34-3/h5-10,15H,11-14,16-17H2,1-4H3. The van der Waals surface area contributed by atoms with Gasteiger partial charge in [0.1, 0.15) is 11.5 Å². The van der Waals surface area contributed by atoms with Crippen LogP contribution in [0.4, 0.5) is 13.2 Å². The normalized spacial score (nSPS) is 15.2. The lowest BCUT2D eigenvalue weighted by molar-refractivity contribution is -0.137. The molecule has 0 aliphatic carbocycles. The first-order chi connectivity index (χ1) is 17.2. The molecule has 1 aliphatic rings. The van der Waals surface area contributed by atoms with Crippen LogP contribution < -0.4 is 14.2 Å². The highest BCUT2D eigenvalue weighted by atomic mass is 19.4. The van der Waals surface area contributed by atoms with Gasteiger partial charge in [0, 0.05) is 43.9 Å². The van der Waals surface area contributed by atoms with Crippen LogP contribution >= 0.6 is 0 Å². The molecule has 9 heteroatoms. The van der Waals surface area contributed by atoms with Gasteiger partial charge in [0.25, 0.3) is 0 Å². The summed E-state index contributed by atoms with van der Waals surface area (Å²) in [6.07, 6.45) is -4.35. The van der Waals surface area contributed by atoms with Crippen LogP contribution in [0, 0.1) is 6.92 Å². The molecule has 2 aromatic carbocycles. The van der Waals surface area contributed by atoms with Gasteiger partial charge in [-0.15, -0.1) is 0 Å². The fourth-order valence-corrected chi connectivity index (χ4v) is 4.48. The molecule has 0 N–H and O–H groups in total. The average Bonchev–Trinajstić information content (AvgIpc) is 3.24. The first kappa shape index (κ1) is 25.9. The van der Waals surface area contributed by atoms with Crippen LogP contribution in [0.25, 0.3) is 11.3 Å². The van der Waals surface area contributed by atoms with E-state index in [2.05, 4.69) is 9.80 Å². The lowest BCUT2D eigenvalue weighted by Crippen LogP contribution is -2.45. The average molecular weight is 505 g/mol. The number of ether oxygens (including phenoxy) is 3. The van der Waals surface area contributed by atoms with Gasteiger partial charge in [-0.1, -0.05) is 18.2 Å². The Morgan fingerprint density at radius 3 is 1.97 bits per heavy atom. The molecule has 1 saturated heterocycles. The van der Waals surface area contributed by atoms with E-state index in [1.54, 1.807) is 21.3 Å². The van der Waals surface area contributed by atoms with E-state index in [1.807, 2.05) is 25.1 Å². The van der Waals surface area contributed by atoms with Crippen LogP contribution in [0.1, 0.15) is 22.5 Å². The van der Waals surface area contributed by atoms with E-state index in [9.17, 15) is 13.2 Å². The zero-order valence-corrected chi connectivity index (χ0v) is 20.9. The topological polar surface area (TPSA) is 47.3 Å². The second kappa shape index (κ2) is 10.8. The summed E-state index contributed by atoms with van der Waals surface area (Å²) in [6, 6.07) is 10.8. The fraction of sp³-hybridized carbons (Fsp3) is 0.407. The smallest absolute Gasteiger partial charge is 0.416 e. The first-order valence-electron chi connectivity index (χ1n) is 11.7. The molecule has 2 heterocycles. The van der Waals surface area contributed by atoms with E-state index < -0.39 is 11.7 Å². The van der Waals surface area contributed by atoms with E-state index in [0.29, 0.717) is 35.1 Å². The molecule has 194 valence electrons. The predicted octanol–water partition coefficient (Wildman–Crippen LogP) is 5.62. The third-order valence-electron chi connectivity index (χ3n) is 6.53. The molecule has 6 nitrogen and oxygen atoms in total. The van der Waals surface area contributed by atoms with Gasteiger partial charge in [-0.25, -0.2) is 0 Å². The van der Waals surface area contributed by atoms with Gasteiger partial charge in [-0.05, 0) is 36.8 Å². The molecule has 0 amide bonds. The third-order valence-corrected chi connectivity index (χ3v) is 6.53. The van der Waals surface area contributed by atoms with Crippen molar-refractivity contribution in [2.75, 3.05) is 47.5 Å². The van der Waals surface area contributed by atoms with Gasteiger partial charge in [0.2, 0.25) is 5.75 Å². The summed E-state index contributed by atoms with van der Waals surface area (Å²) in [5, 5.41) is 0. The Labute approximate surface area is 209 Å². The van der Waals surface area contributed by atoms with Gasteiger partial charge in [0.15, 0.2) is 11.5 Å². The number of piperazine rings is 1. The molecule has 36 heavy (non-hydrogen) atoms. The van der Waals surface area contributed by atoms with E-state index in [0.717, 1.165) is 61.7 Å². The maximum Gasteiger partial charge on any atom is 0.416 e. The highest BCUT2D eigenvalue weighted by molar-refractivity contribution is 5.59. The number of furan rings is 1. The molecular weight excluding hydrogens is 473 g/mol. The number of rotatable bonds is 8. The van der Waals surface area contributed by atoms with Gasteiger partial charge < -0.3 is 18.6 Å². The highest BCUT2D eigenvalue weighted by Gasteiger charge is 2.30. The van der Waals surface area contributed by atoms with Crippen LogP contribution in [-0.2, 0) is 19.3 Å². The highest BCUT2D eigenvalue weighted by Crippen LogP contribution is 2.40. The second-order valence-electron chi connectivity index (χ2n) is 8.84. The minimum atomic E-state index is -4.35. The molecule has 1 aromatic heterocycles. The molecule has 1 fully saturated rings. The summed E-state index contributed by atoms with van der Waals surface area (Å²) in [4.78, 5) is 4.69. The summed E-state index contributed by atoms with van der Waals surface area (Å²) in [6.45, 7) is 6.84. The first-order valence-corrected chi connectivity index (χ1v) is 11.7. The molecule has 4 rings (SSSR count). The second-order valence-corrected chi connectivity index (χ2v) is 8.84. The Morgan fingerprint density at radius 1 is 0.806 bits per heavy atom. The largest absolute Gasteiger partial charge is 0.493 e. The van der Waals surface area contributed by atoms with Crippen LogP contribution in [-0.4, -0.2) is 57.3 Å². The molecule has 0 unspecified atom stereocenters. The van der Waals surface area contributed by atoms with Crippen molar-refractivity contribution in [3.05, 3.63) is 64.9 Å². The third kappa shape index (κ3) is 5.63. The van der Waals surface area contributed by atoms with E-state index in [4.69, 9.17) is 18.6 Å². The van der Waals surface area contributed by atoms with E-state index in [1.165, 1.54) is 12.1 Å². The summed E-state index contributed by atoms with van der Waals surface area (Å²) >= 11 is 0. The number of halogens is 3. The van der Waals surface area contributed by atoms with Crippen molar-refractivity contribution in [1.82, 2.24) is 9.80 Å². The van der Waals surface area contributed by atoms with E-state index >= 15 is 0 Å². The van der Waals surface area contributed by atoms with Crippen LogP contribution in [0.15, 0.2) is 46.9 Å². The number of hydrogen-bond donors (Lipinski definition) is 0. The number of aryl methyl sites for hydroxylation is 1. The van der Waals surface area contributed by atoms with Gasteiger partial charge >= 0.3 is 6.18 Å². The Balaban J connectivity index is 1.37. The maximum atomic E-state index is 12.9. The molecule has 0 atom stereocenters. The molecule has 0 bridgehead atoms. The zero-order valence-electron chi connectivity index (χ0n) is 20.9. The van der Waals surface area contributed by atoms with Crippen LogP contribution in [0.5, 0.6) is 17.2 Å². The Morgan fingerprint density at radius 2 is 1.42 bits per heavy atom. The Bertz CT molecular complexity index is 1170. The SMILES string of the molecule is COc1ccc(CN2CCN(Cc3oc(-c4ccc(C(F)(F)F)cc4)cc3C)CC2)c(OC)c1OC. The summed E-state index contributed by atoms with van der Waals surface area (Å²) in [7, 11) is 4.83. The lowest BCUT2D eigenvalue weighted by atomic mass is 10.1.